The number of anilines is 1. The van der Waals surface area contributed by atoms with Crippen molar-refractivity contribution < 1.29 is 4.79 Å². The Kier molecular flexibility index (Phi) is 3.06. The van der Waals surface area contributed by atoms with E-state index in [1.54, 1.807) is 12.4 Å². The molecule has 2 heterocycles. The lowest BCUT2D eigenvalue weighted by molar-refractivity contribution is -0.122. The number of nitrogens with zero attached hydrogens (tertiary/aromatic N) is 2. The summed E-state index contributed by atoms with van der Waals surface area (Å²) in [6, 6.07) is 3.82. The lowest BCUT2D eigenvalue weighted by Gasteiger charge is -2.23. The van der Waals surface area contributed by atoms with E-state index in [0.29, 0.717) is 5.13 Å². The Morgan fingerprint density at radius 1 is 1.33 bits per heavy atom. The molecule has 3 rings (SSSR count). The third-order valence-corrected chi connectivity index (χ3v) is 3.94. The maximum atomic E-state index is 11.8. The first-order chi connectivity index (χ1) is 8.83. The summed E-state index contributed by atoms with van der Waals surface area (Å²) in [7, 11) is 0. The highest BCUT2D eigenvalue weighted by Crippen LogP contribution is 2.29. The van der Waals surface area contributed by atoms with Gasteiger partial charge in [0.1, 0.15) is 0 Å². The molecule has 0 unspecified atom stereocenters. The SMILES string of the molecule is O=C(Nc1nc(-c2ccncc2)cs1)C1CCC1. The molecule has 92 valence electrons. The summed E-state index contributed by atoms with van der Waals surface area (Å²) < 4.78 is 0. The molecule has 0 atom stereocenters. The lowest BCUT2D eigenvalue weighted by Crippen LogP contribution is -2.27. The molecule has 1 saturated carbocycles. The molecule has 2 aromatic heterocycles. The van der Waals surface area contributed by atoms with Crippen molar-refractivity contribution in [1.29, 1.82) is 0 Å². The third kappa shape index (κ3) is 2.26. The zero-order valence-electron chi connectivity index (χ0n) is 9.80. The van der Waals surface area contributed by atoms with Crippen molar-refractivity contribution in [2.45, 2.75) is 19.3 Å². The Bertz CT molecular complexity index is 548. The number of rotatable bonds is 3. The molecule has 2 aromatic rings. The second-order valence-corrected chi connectivity index (χ2v) is 5.25. The van der Waals surface area contributed by atoms with Gasteiger partial charge in [0.15, 0.2) is 5.13 Å². The van der Waals surface area contributed by atoms with Gasteiger partial charge in [0.05, 0.1) is 5.69 Å². The van der Waals surface area contributed by atoms with Gasteiger partial charge in [-0.3, -0.25) is 9.78 Å². The average Bonchev–Trinajstić information content (AvgIpc) is 2.76. The first kappa shape index (κ1) is 11.3. The van der Waals surface area contributed by atoms with E-state index in [1.807, 2.05) is 17.5 Å². The second-order valence-electron chi connectivity index (χ2n) is 4.39. The van der Waals surface area contributed by atoms with E-state index in [9.17, 15) is 4.79 Å². The molecule has 0 aliphatic heterocycles. The van der Waals surface area contributed by atoms with Crippen LogP contribution in [0.4, 0.5) is 5.13 Å². The number of thiazole rings is 1. The minimum Gasteiger partial charge on any atom is -0.302 e. The number of carbonyl (C=O) groups is 1. The summed E-state index contributed by atoms with van der Waals surface area (Å²) in [4.78, 5) is 20.2. The molecule has 0 spiro atoms. The maximum Gasteiger partial charge on any atom is 0.229 e. The van der Waals surface area contributed by atoms with Crippen LogP contribution in [0.3, 0.4) is 0 Å². The van der Waals surface area contributed by atoms with Gasteiger partial charge in [-0.15, -0.1) is 11.3 Å². The molecule has 5 heteroatoms. The fourth-order valence-electron chi connectivity index (χ4n) is 1.86. The van der Waals surface area contributed by atoms with Crippen LogP contribution >= 0.6 is 11.3 Å². The number of amides is 1. The Hall–Kier alpha value is -1.75. The summed E-state index contributed by atoms with van der Waals surface area (Å²) in [5.74, 6) is 0.301. The normalized spacial score (nSPS) is 15.1. The smallest absolute Gasteiger partial charge is 0.229 e. The van der Waals surface area contributed by atoms with Crippen LogP contribution in [-0.4, -0.2) is 15.9 Å². The van der Waals surface area contributed by atoms with Crippen LogP contribution in [0, 0.1) is 5.92 Å². The van der Waals surface area contributed by atoms with E-state index in [2.05, 4.69) is 15.3 Å². The Morgan fingerprint density at radius 2 is 2.11 bits per heavy atom. The van der Waals surface area contributed by atoms with Crippen molar-refractivity contribution in [3.63, 3.8) is 0 Å². The number of carbonyl (C=O) groups excluding carboxylic acids is 1. The highest BCUT2D eigenvalue weighted by molar-refractivity contribution is 7.14. The van der Waals surface area contributed by atoms with E-state index < -0.39 is 0 Å². The summed E-state index contributed by atoms with van der Waals surface area (Å²) >= 11 is 1.46. The molecule has 0 bridgehead atoms. The molecule has 1 amide bonds. The minimum atomic E-state index is 0.108. The summed E-state index contributed by atoms with van der Waals surface area (Å²) in [6.07, 6.45) is 6.66. The molecule has 18 heavy (non-hydrogen) atoms. The Labute approximate surface area is 109 Å². The lowest BCUT2D eigenvalue weighted by atomic mass is 9.85. The minimum absolute atomic E-state index is 0.108. The van der Waals surface area contributed by atoms with E-state index in [-0.39, 0.29) is 11.8 Å². The molecule has 1 fully saturated rings. The van der Waals surface area contributed by atoms with Gasteiger partial charge in [-0.25, -0.2) is 4.98 Å². The molecule has 0 saturated heterocycles. The standard InChI is InChI=1S/C13H13N3OS/c17-12(10-2-1-3-10)16-13-15-11(8-18-13)9-4-6-14-7-5-9/h4-8,10H,1-3H2,(H,15,16,17). The van der Waals surface area contributed by atoms with Gasteiger partial charge >= 0.3 is 0 Å². The van der Waals surface area contributed by atoms with Crippen LogP contribution in [0.2, 0.25) is 0 Å². The van der Waals surface area contributed by atoms with Crippen molar-refractivity contribution in [2.75, 3.05) is 5.32 Å². The van der Waals surface area contributed by atoms with Gasteiger partial charge in [-0.05, 0) is 25.0 Å². The molecule has 4 nitrogen and oxygen atoms in total. The topological polar surface area (TPSA) is 54.9 Å². The van der Waals surface area contributed by atoms with Gasteiger partial charge in [0.2, 0.25) is 5.91 Å². The van der Waals surface area contributed by atoms with Crippen molar-refractivity contribution in [3.05, 3.63) is 29.9 Å². The van der Waals surface area contributed by atoms with Gasteiger partial charge in [0.25, 0.3) is 0 Å². The molecular weight excluding hydrogens is 246 g/mol. The van der Waals surface area contributed by atoms with Crippen molar-refractivity contribution in [2.24, 2.45) is 5.92 Å². The largest absolute Gasteiger partial charge is 0.302 e. The van der Waals surface area contributed by atoms with Gasteiger partial charge < -0.3 is 5.32 Å². The van der Waals surface area contributed by atoms with E-state index in [4.69, 9.17) is 0 Å². The maximum absolute atomic E-state index is 11.8. The van der Waals surface area contributed by atoms with Crippen LogP contribution < -0.4 is 5.32 Å². The molecule has 1 aliphatic rings. The van der Waals surface area contributed by atoms with Crippen LogP contribution in [0.25, 0.3) is 11.3 Å². The first-order valence-electron chi connectivity index (χ1n) is 6.00. The fraction of sp³-hybridized carbons (Fsp3) is 0.308. The van der Waals surface area contributed by atoms with Crippen molar-refractivity contribution in [1.82, 2.24) is 9.97 Å². The summed E-state index contributed by atoms with van der Waals surface area (Å²) in [6.45, 7) is 0. The molecule has 0 radical (unpaired) electrons. The first-order valence-corrected chi connectivity index (χ1v) is 6.88. The van der Waals surface area contributed by atoms with Gasteiger partial charge in [-0.1, -0.05) is 6.42 Å². The average molecular weight is 259 g/mol. The van der Waals surface area contributed by atoms with Crippen molar-refractivity contribution >= 4 is 22.4 Å². The zero-order valence-corrected chi connectivity index (χ0v) is 10.6. The second kappa shape index (κ2) is 4.86. The van der Waals surface area contributed by atoms with Gasteiger partial charge in [0, 0.05) is 29.3 Å². The number of pyridine rings is 1. The number of hydrogen-bond acceptors (Lipinski definition) is 4. The van der Waals surface area contributed by atoms with Gasteiger partial charge in [-0.2, -0.15) is 0 Å². The molecule has 0 aromatic carbocycles. The van der Waals surface area contributed by atoms with Crippen molar-refractivity contribution in [3.8, 4) is 11.3 Å². The summed E-state index contributed by atoms with van der Waals surface area (Å²) in [5, 5.41) is 5.52. The summed E-state index contributed by atoms with van der Waals surface area (Å²) in [5.41, 5.74) is 1.90. The Balaban J connectivity index is 1.71. The van der Waals surface area contributed by atoms with E-state index in [0.717, 1.165) is 30.5 Å². The highest BCUT2D eigenvalue weighted by Gasteiger charge is 2.25. The molecule has 1 N–H and O–H groups in total. The van der Waals surface area contributed by atoms with E-state index in [1.165, 1.54) is 11.3 Å². The predicted octanol–water partition coefficient (Wildman–Crippen LogP) is 2.94. The van der Waals surface area contributed by atoms with Crippen LogP contribution in [-0.2, 0) is 4.79 Å². The fourth-order valence-corrected chi connectivity index (χ4v) is 2.59. The van der Waals surface area contributed by atoms with E-state index >= 15 is 0 Å². The quantitative estimate of drug-likeness (QED) is 0.922. The number of nitrogens with one attached hydrogen (secondary N) is 1. The highest BCUT2D eigenvalue weighted by atomic mass is 32.1. The number of aromatic nitrogens is 2. The van der Waals surface area contributed by atoms with Crippen LogP contribution in [0.15, 0.2) is 29.9 Å². The Morgan fingerprint density at radius 3 is 2.78 bits per heavy atom. The molecule has 1 aliphatic carbocycles. The molecular formula is C13H13N3OS. The van der Waals surface area contributed by atoms with Crippen LogP contribution in [0.5, 0.6) is 0 Å². The third-order valence-electron chi connectivity index (χ3n) is 3.19. The number of hydrogen-bond donors (Lipinski definition) is 1. The predicted molar refractivity (Wildman–Crippen MR) is 71.3 cm³/mol. The van der Waals surface area contributed by atoms with Crippen LogP contribution in [0.1, 0.15) is 19.3 Å². The zero-order chi connectivity index (χ0) is 12.4. The monoisotopic (exact) mass is 259 g/mol.